The van der Waals surface area contributed by atoms with E-state index in [4.69, 9.17) is 19.9 Å². The third-order valence-corrected chi connectivity index (χ3v) is 23.3. The van der Waals surface area contributed by atoms with Gasteiger partial charge in [0.1, 0.15) is 34.0 Å². The van der Waals surface area contributed by atoms with Crippen LogP contribution in [-0.4, -0.2) is 182 Å². The molecule has 28 nitrogen and oxygen atoms in total. The van der Waals surface area contributed by atoms with Crippen LogP contribution in [0.2, 0.25) is 0 Å². The van der Waals surface area contributed by atoms with E-state index in [1.54, 1.807) is 57.1 Å². The number of aromatic nitrogens is 20. The summed E-state index contributed by atoms with van der Waals surface area (Å²) in [6.07, 6.45) is 31.7. The summed E-state index contributed by atoms with van der Waals surface area (Å²) < 4.78 is 14.0. The van der Waals surface area contributed by atoms with E-state index >= 15 is 0 Å². The largest absolute Gasteiger partial charge is 0.320 e. The van der Waals surface area contributed by atoms with E-state index in [-0.39, 0.29) is 22.2 Å². The van der Waals surface area contributed by atoms with Crippen molar-refractivity contribution in [3.63, 3.8) is 0 Å². The van der Waals surface area contributed by atoms with Gasteiger partial charge in [0, 0.05) is 119 Å². The number of pyridine rings is 3. The van der Waals surface area contributed by atoms with E-state index in [0.717, 1.165) is 197 Å². The minimum absolute atomic E-state index is 0.0976. The normalized spacial score (nSPS) is 15.0. The summed E-state index contributed by atoms with van der Waals surface area (Å²) in [6.45, 7) is 37.0. The van der Waals surface area contributed by atoms with Gasteiger partial charge >= 0.3 is 0 Å². The standard InChI is InChI=1S/2C24H26N6O.C23H24N6O.C22H22N6O/c1-15(2)28-7-5-18(6-8-28)21-14-30-23(11-25-21)27-20(10-24(30)31)19-9-22-17(4)26-16(3)12-29(22)13-19;1-5-28-8-6-18(7-9-28)19-10-15(2)24-26-20(12-23(31)29(24)14-19)21-11-22-17(4)25-16(3)13-30(22)27-21;1-14-9-18(17-5-7-27(4)8-6-17)13-28-22(30)11-19(25-23(14)28)20-10-21-16(3)24-15(2)12-29(21)26-20;1-13-8-17(16-4-6-23-7-5-16)12-27-21(29)10-18(25-22(13)27)19-9-20-15(3)24-14(2)11-28(20)26-19/h5,9-15H,6-8H2,1-4H3;6,10-14H,5,7-9H2,1-4H3;5,9-13H,6-8H2,1-4H3;4,8-12,23H,5-7H2,1-3H3. The molecule has 0 aromatic carbocycles. The van der Waals surface area contributed by atoms with Crippen molar-refractivity contribution in [1.82, 2.24) is 116 Å². The zero-order valence-corrected chi connectivity index (χ0v) is 71.1. The summed E-state index contributed by atoms with van der Waals surface area (Å²) in [5.74, 6) is 0. The Labute approximate surface area is 698 Å². The molecule has 16 aromatic heterocycles. The van der Waals surface area contributed by atoms with Crippen LogP contribution in [-0.2, 0) is 0 Å². The van der Waals surface area contributed by atoms with Gasteiger partial charge in [-0.25, -0.2) is 33.5 Å². The molecular formula is C93H98N24O4. The maximum absolute atomic E-state index is 13.0. The lowest BCUT2D eigenvalue weighted by atomic mass is 9.99. The summed E-state index contributed by atoms with van der Waals surface area (Å²) in [5.41, 5.74) is 30.6. The monoisotopic (exact) mass is 1610 g/mol. The maximum atomic E-state index is 13.0. The molecule has 0 radical (unpaired) electrons. The van der Waals surface area contributed by atoms with Crippen LogP contribution in [0.15, 0.2) is 172 Å². The quantitative estimate of drug-likeness (QED) is 0.133. The summed E-state index contributed by atoms with van der Waals surface area (Å²) in [6, 6.07) is 21.0. The smallest absolute Gasteiger partial charge is 0.258 e. The fourth-order valence-electron chi connectivity index (χ4n) is 16.7. The molecular weight excluding hydrogens is 1520 g/mol. The van der Waals surface area contributed by atoms with Gasteiger partial charge in [-0.2, -0.15) is 15.3 Å². The van der Waals surface area contributed by atoms with Gasteiger partial charge in [0.25, 0.3) is 22.2 Å². The molecule has 4 aliphatic rings. The average molecular weight is 1620 g/mol. The predicted molar refractivity (Wildman–Crippen MR) is 475 cm³/mol. The molecule has 20 rings (SSSR count). The number of rotatable bonds is 10. The first-order valence-electron chi connectivity index (χ1n) is 41.3. The van der Waals surface area contributed by atoms with Crippen molar-refractivity contribution in [2.45, 2.75) is 129 Å². The van der Waals surface area contributed by atoms with Gasteiger partial charge < -0.3 is 14.6 Å². The first kappa shape index (κ1) is 80.2. The number of nitrogens with one attached hydrogen (secondary N) is 1. The molecule has 0 saturated carbocycles. The highest BCUT2D eigenvalue weighted by molar-refractivity contribution is 5.76. The SMILES string of the molecule is CCN1CC=C(c2cc(C)c3nc(-c4cc5c(C)nc(C)cn5n4)cc(=O)n3c2)CC1.Cc1cn2cc(-c3cc(=O)n4cc(C5=CCN(C(C)C)CC5)ncc4n3)cc2c(C)n1.Cc1cn2nc(-c3cc(=O)n4cc(C5=CCN(C)CC5)cc(C)c4n3)cc2c(C)n1.Cc1cn2nc(-c3cc(=O)n4cc(C5=CCNCC5)cc(C)c4n3)cc2c(C)n1. The molecule has 0 unspecified atom stereocenters. The second-order valence-corrected chi connectivity index (χ2v) is 32.6. The van der Waals surface area contributed by atoms with Crippen molar-refractivity contribution in [3.05, 3.63) is 279 Å². The molecule has 0 bridgehead atoms. The van der Waals surface area contributed by atoms with Gasteiger partial charge in [0.2, 0.25) is 0 Å². The predicted octanol–water partition coefficient (Wildman–Crippen LogP) is 12.7. The van der Waals surface area contributed by atoms with E-state index in [9.17, 15) is 19.2 Å². The Morgan fingerprint density at radius 1 is 0.380 bits per heavy atom. The van der Waals surface area contributed by atoms with Crippen LogP contribution in [0.4, 0.5) is 0 Å². The van der Waals surface area contributed by atoms with Crippen molar-refractivity contribution in [2.24, 2.45) is 0 Å². The van der Waals surface area contributed by atoms with Gasteiger partial charge in [-0.3, -0.25) is 71.5 Å². The fourth-order valence-corrected chi connectivity index (χ4v) is 16.7. The molecule has 28 heteroatoms. The van der Waals surface area contributed by atoms with E-state index in [1.807, 2.05) is 165 Å². The van der Waals surface area contributed by atoms with Crippen molar-refractivity contribution >= 4 is 66.9 Å². The Morgan fingerprint density at radius 3 is 1.25 bits per heavy atom. The highest BCUT2D eigenvalue weighted by Crippen LogP contribution is 2.32. The van der Waals surface area contributed by atoms with E-state index in [0.29, 0.717) is 68.5 Å². The fraction of sp³-hybridized carbons (Fsp3) is 0.312. The number of nitrogens with zero attached hydrogens (tertiary/aromatic N) is 23. The number of likely N-dealkylation sites (N-methyl/N-ethyl adjacent to an activating group) is 2. The summed E-state index contributed by atoms with van der Waals surface area (Å²) in [5, 5.41) is 17.2. The highest BCUT2D eigenvalue weighted by Gasteiger charge is 2.23. The maximum Gasteiger partial charge on any atom is 0.258 e. The van der Waals surface area contributed by atoms with Gasteiger partial charge in [0.15, 0.2) is 5.65 Å². The molecule has 0 spiro atoms. The molecule has 4 aliphatic heterocycles. The lowest BCUT2D eigenvalue weighted by molar-refractivity contribution is 0.245. The van der Waals surface area contributed by atoms with E-state index < -0.39 is 0 Å². The first-order chi connectivity index (χ1) is 58.2. The Kier molecular flexibility index (Phi) is 21.7. The zero-order valence-electron chi connectivity index (χ0n) is 71.1. The topological polar surface area (TPSA) is 280 Å². The number of fused-ring (bicyclic) bond motifs is 8. The minimum atomic E-state index is -0.106. The van der Waals surface area contributed by atoms with Crippen LogP contribution in [0.1, 0.15) is 131 Å². The van der Waals surface area contributed by atoms with Crippen LogP contribution >= 0.6 is 0 Å². The number of hydrogen-bond donors (Lipinski definition) is 1. The van der Waals surface area contributed by atoms with Gasteiger partial charge in [0.05, 0.1) is 121 Å². The lowest BCUT2D eigenvalue weighted by Gasteiger charge is -2.29. The second-order valence-electron chi connectivity index (χ2n) is 32.6. The average Bonchev–Trinajstić information content (AvgIpc) is 1.76. The highest BCUT2D eigenvalue weighted by atomic mass is 16.1. The number of aryl methyl sites for hydroxylation is 11. The molecule has 0 saturated heterocycles. The third-order valence-electron chi connectivity index (χ3n) is 23.3. The zero-order chi connectivity index (χ0) is 84.5. The molecule has 20 heterocycles. The molecule has 0 aliphatic carbocycles. The lowest BCUT2D eigenvalue weighted by Crippen LogP contribution is -2.34. The summed E-state index contributed by atoms with van der Waals surface area (Å²) in [7, 11) is 2.12. The summed E-state index contributed by atoms with van der Waals surface area (Å²) >= 11 is 0. The molecule has 0 amide bonds. The minimum Gasteiger partial charge on any atom is -0.320 e. The van der Waals surface area contributed by atoms with Crippen molar-refractivity contribution in [2.75, 3.05) is 66.0 Å². The van der Waals surface area contributed by atoms with Crippen molar-refractivity contribution in [3.8, 4) is 45.4 Å². The third kappa shape index (κ3) is 16.3. The number of hydrogen-bond acceptors (Lipinski definition) is 20. The Bertz CT molecular complexity index is 7280. The van der Waals surface area contributed by atoms with Crippen molar-refractivity contribution < 1.29 is 0 Å². The summed E-state index contributed by atoms with van der Waals surface area (Å²) in [4.78, 5) is 101. The Morgan fingerprint density at radius 2 is 0.818 bits per heavy atom. The van der Waals surface area contributed by atoms with Crippen LogP contribution in [0.3, 0.4) is 0 Å². The van der Waals surface area contributed by atoms with Gasteiger partial charge in [-0.1, -0.05) is 31.2 Å². The van der Waals surface area contributed by atoms with Crippen molar-refractivity contribution in [1.29, 1.82) is 0 Å². The molecule has 121 heavy (non-hydrogen) atoms. The van der Waals surface area contributed by atoms with Crippen LogP contribution < -0.4 is 27.6 Å². The second kappa shape index (κ2) is 32.8. The van der Waals surface area contributed by atoms with Crippen LogP contribution in [0, 0.1) is 76.2 Å². The van der Waals surface area contributed by atoms with Crippen LogP contribution in [0.5, 0.6) is 0 Å². The van der Waals surface area contributed by atoms with Gasteiger partial charge in [-0.05, 0) is 234 Å². The molecule has 0 fully saturated rings. The van der Waals surface area contributed by atoms with Gasteiger partial charge in [-0.15, -0.1) is 0 Å². The molecule has 0 atom stereocenters. The van der Waals surface area contributed by atoms with Crippen LogP contribution in [0.25, 0.3) is 112 Å². The molecule has 16 aromatic rings. The Hall–Kier alpha value is -13.3. The molecule has 614 valence electrons. The molecule has 1 N–H and O–H groups in total. The van der Waals surface area contributed by atoms with E-state index in [1.165, 1.54) is 22.3 Å². The first-order valence-corrected chi connectivity index (χ1v) is 41.3. The Balaban J connectivity index is 0.000000115. The van der Waals surface area contributed by atoms with E-state index in [2.05, 4.69) is 131 Å².